The van der Waals surface area contributed by atoms with Crippen LogP contribution in [0.5, 0.6) is 11.5 Å². The van der Waals surface area contributed by atoms with Crippen LogP contribution in [0.2, 0.25) is 0 Å². The zero-order chi connectivity index (χ0) is 17.4. The lowest BCUT2D eigenvalue weighted by atomic mass is 10.2. The van der Waals surface area contributed by atoms with Gasteiger partial charge in [0.1, 0.15) is 11.5 Å². The van der Waals surface area contributed by atoms with Gasteiger partial charge in [0.05, 0.1) is 19.8 Å². The van der Waals surface area contributed by atoms with Crippen LogP contribution in [-0.2, 0) is 9.53 Å². The van der Waals surface area contributed by atoms with Crippen LogP contribution in [0, 0.1) is 5.92 Å². The zero-order valence-electron chi connectivity index (χ0n) is 14.8. The van der Waals surface area contributed by atoms with Crippen molar-refractivity contribution < 1.29 is 19.0 Å². The van der Waals surface area contributed by atoms with Crippen molar-refractivity contribution in [1.82, 2.24) is 10.2 Å². The van der Waals surface area contributed by atoms with Gasteiger partial charge in [-0.1, -0.05) is 13.8 Å². The summed E-state index contributed by atoms with van der Waals surface area (Å²) in [6.07, 6.45) is 0.0439. The Morgan fingerprint density at radius 2 is 2.04 bits per heavy atom. The Hall–Kier alpha value is -1.79. The Bertz CT molecular complexity index is 504. The monoisotopic (exact) mass is 336 g/mol. The van der Waals surface area contributed by atoms with Gasteiger partial charge in [0.15, 0.2) is 6.61 Å². The molecule has 1 aliphatic rings. The van der Waals surface area contributed by atoms with Crippen molar-refractivity contribution in [2.75, 3.05) is 46.5 Å². The SMILES string of the molecule is COc1ccc(OCC(=O)NCC2CN(CC(C)C)CCO2)cc1. The smallest absolute Gasteiger partial charge is 0.258 e. The highest BCUT2D eigenvalue weighted by Gasteiger charge is 2.21. The number of amides is 1. The molecule has 0 bridgehead atoms. The van der Waals surface area contributed by atoms with Crippen LogP contribution in [-0.4, -0.2) is 63.4 Å². The van der Waals surface area contributed by atoms with Gasteiger partial charge >= 0.3 is 0 Å². The Morgan fingerprint density at radius 3 is 2.71 bits per heavy atom. The second-order valence-corrected chi connectivity index (χ2v) is 6.41. The summed E-state index contributed by atoms with van der Waals surface area (Å²) in [7, 11) is 1.61. The highest BCUT2D eigenvalue weighted by Crippen LogP contribution is 2.16. The van der Waals surface area contributed by atoms with E-state index in [-0.39, 0.29) is 18.6 Å². The van der Waals surface area contributed by atoms with Gasteiger partial charge < -0.3 is 19.5 Å². The molecule has 0 aromatic heterocycles. The van der Waals surface area contributed by atoms with Crippen molar-refractivity contribution >= 4 is 5.91 Å². The number of rotatable bonds is 8. The fourth-order valence-electron chi connectivity index (χ4n) is 2.69. The molecular formula is C18H28N2O4. The van der Waals surface area contributed by atoms with Crippen LogP contribution in [0.25, 0.3) is 0 Å². The van der Waals surface area contributed by atoms with Crippen molar-refractivity contribution in [1.29, 1.82) is 0 Å². The number of hydrogen-bond acceptors (Lipinski definition) is 5. The van der Waals surface area contributed by atoms with Gasteiger partial charge in [-0.05, 0) is 30.2 Å². The number of methoxy groups -OCH3 is 1. The first-order valence-electron chi connectivity index (χ1n) is 8.44. The standard InChI is InChI=1S/C18H28N2O4/c1-14(2)11-20-8-9-23-17(12-20)10-19-18(21)13-24-16-6-4-15(22-3)5-7-16/h4-7,14,17H,8-13H2,1-3H3,(H,19,21). The first-order chi connectivity index (χ1) is 11.6. The van der Waals surface area contributed by atoms with Crippen molar-refractivity contribution in [3.05, 3.63) is 24.3 Å². The van der Waals surface area contributed by atoms with Gasteiger partial charge in [-0.2, -0.15) is 0 Å². The summed E-state index contributed by atoms with van der Waals surface area (Å²) in [4.78, 5) is 14.3. The zero-order valence-corrected chi connectivity index (χ0v) is 14.8. The largest absolute Gasteiger partial charge is 0.497 e. The summed E-state index contributed by atoms with van der Waals surface area (Å²) < 4.78 is 16.3. The van der Waals surface area contributed by atoms with Crippen molar-refractivity contribution in [3.63, 3.8) is 0 Å². The molecule has 1 heterocycles. The van der Waals surface area contributed by atoms with E-state index in [2.05, 4.69) is 24.1 Å². The average Bonchev–Trinajstić information content (AvgIpc) is 2.58. The van der Waals surface area contributed by atoms with E-state index in [0.29, 0.717) is 18.2 Å². The van der Waals surface area contributed by atoms with Crippen molar-refractivity contribution in [2.24, 2.45) is 5.92 Å². The number of hydrogen-bond donors (Lipinski definition) is 1. The van der Waals surface area contributed by atoms with Gasteiger partial charge in [0.2, 0.25) is 0 Å². The molecule has 1 aromatic rings. The van der Waals surface area contributed by atoms with Crippen LogP contribution >= 0.6 is 0 Å². The van der Waals surface area contributed by atoms with Crippen LogP contribution in [0.3, 0.4) is 0 Å². The van der Waals surface area contributed by atoms with Crippen molar-refractivity contribution in [3.8, 4) is 11.5 Å². The Kier molecular flexibility index (Phi) is 7.34. The maximum atomic E-state index is 11.9. The molecule has 1 fully saturated rings. The number of carbonyl (C=O) groups excluding carboxylic acids is 1. The second kappa shape index (κ2) is 9.49. The number of carbonyl (C=O) groups is 1. The first-order valence-corrected chi connectivity index (χ1v) is 8.44. The molecule has 0 aliphatic carbocycles. The molecule has 1 N–H and O–H groups in total. The molecule has 134 valence electrons. The summed E-state index contributed by atoms with van der Waals surface area (Å²) in [5.41, 5.74) is 0. The third-order valence-electron chi connectivity index (χ3n) is 3.80. The Balaban J connectivity index is 1.66. The van der Waals surface area contributed by atoms with Crippen LogP contribution in [0.15, 0.2) is 24.3 Å². The minimum Gasteiger partial charge on any atom is -0.497 e. The molecule has 6 nitrogen and oxygen atoms in total. The maximum Gasteiger partial charge on any atom is 0.258 e. The van der Waals surface area contributed by atoms with E-state index < -0.39 is 0 Å². The lowest BCUT2D eigenvalue weighted by Gasteiger charge is -2.33. The number of morpholine rings is 1. The van der Waals surface area contributed by atoms with Gasteiger partial charge in [-0.15, -0.1) is 0 Å². The second-order valence-electron chi connectivity index (χ2n) is 6.41. The fourth-order valence-corrected chi connectivity index (χ4v) is 2.69. The van der Waals surface area contributed by atoms with E-state index in [9.17, 15) is 4.79 Å². The van der Waals surface area contributed by atoms with E-state index >= 15 is 0 Å². The quantitative estimate of drug-likeness (QED) is 0.780. The summed E-state index contributed by atoms with van der Waals surface area (Å²) in [6, 6.07) is 7.15. The fraction of sp³-hybridized carbons (Fsp3) is 0.611. The summed E-state index contributed by atoms with van der Waals surface area (Å²) >= 11 is 0. The predicted octanol–water partition coefficient (Wildman–Crippen LogP) is 1.55. The van der Waals surface area contributed by atoms with Crippen LogP contribution in [0.1, 0.15) is 13.8 Å². The Labute approximate surface area is 144 Å². The highest BCUT2D eigenvalue weighted by atomic mass is 16.5. The molecule has 1 atom stereocenters. The normalized spacial score (nSPS) is 18.4. The number of nitrogens with zero attached hydrogens (tertiary/aromatic N) is 1. The molecule has 24 heavy (non-hydrogen) atoms. The molecule has 0 saturated carbocycles. The first kappa shape index (κ1) is 18.5. The summed E-state index contributed by atoms with van der Waals surface area (Å²) in [6.45, 7) is 8.53. The summed E-state index contributed by atoms with van der Waals surface area (Å²) in [5, 5.41) is 2.88. The van der Waals surface area contributed by atoms with E-state index in [0.717, 1.165) is 32.0 Å². The van der Waals surface area contributed by atoms with Crippen molar-refractivity contribution in [2.45, 2.75) is 20.0 Å². The van der Waals surface area contributed by atoms with E-state index in [1.165, 1.54) is 0 Å². The lowest BCUT2D eigenvalue weighted by Crippen LogP contribution is -2.48. The molecule has 1 aliphatic heterocycles. The number of benzene rings is 1. The third-order valence-corrected chi connectivity index (χ3v) is 3.80. The minimum atomic E-state index is -0.143. The molecule has 1 unspecified atom stereocenters. The molecule has 1 saturated heterocycles. The van der Waals surface area contributed by atoms with E-state index in [1.54, 1.807) is 31.4 Å². The minimum absolute atomic E-state index is 0.00520. The molecule has 2 rings (SSSR count). The topological polar surface area (TPSA) is 60.0 Å². The number of nitrogens with one attached hydrogen (secondary N) is 1. The van der Waals surface area contributed by atoms with Gasteiger partial charge in [0, 0.05) is 26.2 Å². The molecule has 6 heteroatoms. The van der Waals surface area contributed by atoms with Crippen LogP contribution < -0.4 is 14.8 Å². The average molecular weight is 336 g/mol. The molecule has 0 spiro atoms. The molecule has 1 amide bonds. The molecule has 1 aromatic carbocycles. The maximum absolute atomic E-state index is 11.9. The van der Waals surface area contributed by atoms with E-state index in [1.807, 2.05) is 0 Å². The summed E-state index contributed by atoms with van der Waals surface area (Å²) in [5.74, 6) is 1.89. The van der Waals surface area contributed by atoms with Gasteiger partial charge in [-0.25, -0.2) is 0 Å². The lowest BCUT2D eigenvalue weighted by molar-refractivity contribution is -0.124. The van der Waals surface area contributed by atoms with E-state index in [4.69, 9.17) is 14.2 Å². The van der Waals surface area contributed by atoms with Crippen LogP contribution in [0.4, 0.5) is 0 Å². The number of ether oxygens (including phenoxy) is 3. The predicted molar refractivity (Wildman–Crippen MR) is 92.5 cm³/mol. The molecular weight excluding hydrogens is 308 g/mol. The Morgan fingerprint density at radius 1 is 1.33 bits per heavy atom. The third kappa shape index (κ3) is 6.37. The highest BCUT2D eigenvalue weighted by molar-refractivity contribution is 5.77. The van der Waals surface area contributed by atoms with Gasteiger partial charge in [0.25, 0.3) is 5.91 Å². The molecule has 0 radical (unpaired) electrons. The van der Waals surface area contributed by atoms with Gasteiger partial charge in [-0.3, -0.25) is 9.69 Å².